The van der Waals surface area contributed by atoms with Gasteiger partial charge in [0.15, 0.2) is 16.7 Å². The maximum atomic E-state index is 12.4. The van der Waals surface area contributed by atoms with Crippen molar-refractivity contribution in [1.82, 2.24) is 14.8 Å². The van der Waals surface area contributed by atoms with E-state index in [1.165, 1.54) is 11.8 Å². The molecule has 0 saturated heterocycles. The number of rotatable bonds is 4. The van der Waals surface area contributed by atoms with Crippen molar-refractivity contribution in [2.75, 3.05) is 12.1 Å². The van der Waals surface area contributed by atoms with Gasteiger partial charge >= 0.3 is 0 Å². The Morgan fingerprint density at radius 1 is 1.16 bits per heavy atom. The van der Waals surface area contributed by atoms with Crippen LogP contribution in [0.3, 0.4) is 0 Å². The van der Waals surface area contributed by atoms with Gasteiger partial charge in [0.2, 0.25) is 6.79 Å². The first-order chi connectivity index (χ1) is 12.2. The van der Waals surface area contributed by atoms with Gasteiger partial charge in [-0.15, -0.1) is 10.2 Å². The highest BCUT2D eigenvalue weighted by Gasteiger charge is 2.16. The third-order valence-electron chi connectivity index (χ3n) is 3.63. The Bertz CT molecular complexity index is 924. The van der Waals surface area contributed by atoms with E-state index < -0.39 is 0 Å². The fourth-order valence-corrected chi connectivity index (χ4v) is 3.08. The molecule has 0 unspecified atom stereocenters. The van der Waals surface area contributed by atoms with Crippen LogP contribution in [0.25, 0.3) is 0 Å². The van der Waals surface area contributed by atoms with Crippen LogP contribution in [0.2, 0.25) is 0 Å². The summed E-state index contributed by atoms with van der Waals surface area (Å²) in [5, 5.41) is 11.6. The van der Waals surface area contributed by atoms with Gasteiger partial charge in [0.1, 0.15) is 6.33 Å². The molecule has 7 nitrogen and oxygen atoms in total. The van der Waals surface area contributed by atoms with Gasteiger partial charge in [-0.05, 0) is 54.2 Å². The number of aryl methyl sites for hydroxylation is 1. The summed E-state index contributed by atoms with van der Waals surface area (Å²) in [5.74, 6) is 1.04. The Morgan fingerprint density at radius 2 is 1.96 bits per heavy atom. The van der Waals surface area contributed by atoms with Crippen LogP contribution in [0.5, 0.6) is 11.5 Å². The van der Waals surface area contributed by atoms with Crippen molar-refractivity contribution >= 4 is 23.4 Å². The molecule has 1 aliphatic heterocycles. The van der Waals surface area contributed by atoms with Crippen molar-refractivity contribution in [3.8, 4) is 11.5 Å². The summed E-state index contributed by atoms with van der Waals surface area (Å²) in [4.78, 5) is 13.4. The summed E-state index contributed by atoms with van der Waals surface area (Å²) in [6, 6.07) is 12.7. The molecule has 2 heterocycles. The van der Waals surface area contributed by atoms with Gasteiger partial charge in [-0.1, -0.05) is 0 Å². The van der Waals surface area contributed by atoms with Crippen LogP contribution in [-0.2, 0) is 7.05 Å². The average Bonchev–Trinajstić information content (AvgIpc) is 3.25. The summed E-state index contributed by atoms with van der Waals surface area (Å²) >= 11 is 1.50. The molecule has 0 spiro atoms. The van der Waals surface area contributed by atoms with Crippen LogP contribution in [0.4, 0.5) is 5.69 Å². The Morgan fingerprint density at radius 3 is 2.72 bits per heavy atom. The van der Waals surface area contributed by atoms with E-state index in [0.29, 0.717) is 22.7 Å². The van der Waals surface area contributed by atoms with E-state index in [2.05, 4.69) is 15.5 Å². The number of carbonyl (C=O) groups excluding carboxylic acids is 1. The molecule has 1 N–H and O–H groups in total. The zero-order valence-corrected chi connectivity index (χ0v) is 14.1. The quantitative estimate of drug-likeness (QED) is 0.776. The van der Waals surface area contributed by atoms with Crippen LogP contribution >= 0.6 is 11.8 Å². The zero-order chi connectivity index (χ0) is 17.2. The normalized spacial score (nSPS) is 12.2. The molecule has 1 amide bonds. The molecular formula is C17H14N4O3S. The van der Waals surface area contributed by atoms with E-state index in [4.69, 9.17) is 9.47 Å². The average molecular weight is 354 g/mol. The number of aromatic nitrogens is 3. The van der Waals surface area contributed by atoms with Gasteiger partial charge in [0, 0.05) is 23.2 Å². The Kier molecular flexibility index (Phi) is 4.02. The minimum Gasteiger partial charge on any atom is -0.454 e. The number of carbonyl (C=O) groups is 1. The number of anilines is 1. The second-order valence-electron chi connectivity index (χ2n) is 5.37. The summed E-state index contributed by atoms with van der Waals surface area (Å²) in [6.45, 7) is 0.186. The van der Waals surface area contributed by atoms with Crippen molar-refractivity contribution in [2.45, 2.75) is 10.1 Å². The van der Waals surface area contributed by atoms with Gasteiger partial charge in [0.05, 0.1) is 0 Å². The molecule has 3 aromatic rings. The molecule has 25 heavy (non-hydrogen) atoms. The highest BCUT2D eigenvalue weighted by Crippen LogP contribution is 2.32. The lowest BCUT2D eigenvalue weighted by Crippen LogP contribution is -2.11. The number of hydrogen-bond donors (Lipinski definition) is 1. The number of amides is 1. The molecule has 0 radical (unpaired) electrons. The third-order valence-corrected chi connectivity index (χ3v) is 4.69. The molecule has 1 aromatic heterocycles. The van der Waals surface area contributed by atoms with E-state index in [9.17, 15) is 4.79 Å². The third kappa shape index (κ3) is 3.29. The Labute approximate surface area is 148 Å². The SMILES string of the molecule is Cn1cnnc1Sc1ccc(NC(=O)c2ccc3c(c2)OCO3)cc1. The molecule has 8 heteroatoms. The number of ether oxygens (including phenoxy) is 2. The van der Waals surface area contributed by atoms with Gasteiger partial charge in [-0.25, -0.2) is 0 Å². The standard InChI is InChI=1S/C17H14N4O3S/c1-21-9-18-20-17(21)25-13-5-3-12(4-6-13)19-16(22)11-2-7-14-15(8-11)24-10-23-14/h2-9H,10H2,1H3,(H,19,22). The van der Waals surface area contributed by atoms with Crippen LogP contribution in [-0.4, -0.2) is 27.5 Å². The largest absolute Gasteiger partial charge is 0.454 e. The maximum Gasteiger partial charge on any atom is 0.255 e. The van der Waals surface area contributed by atoms with Crippen LogP contribution < -0.4 is 14.8 Å². The Hall–Kier alpha value is -3.00. The molecule has 4 rings (SSSR count). The van der Waals surface area contributed by atoms with Crippen LogP contribution in [0, 0.1) is 0 Å². The van der Waals surface area contributed by atoms with Crippen molar-refractivity contribution in [3.63, 3.8) is 0 Å². The second-order valence-corrected chi connectivity index (χ2v) is 6.41. The number of benzene rings is 2. The fraction of sp³-hybridized carbons (Fsp3) is 0.118. The van der Waals surface area contributed by atoms with E-state index in [1.807, 2.05) is 35.9 Å². The highest BCUT2D eigenvalue weighted by molar-refractivity contribution is 7.99. The van der Waals surface area contributed by atoms with Gasteiger partial charge < -0.3 is 19.4 Å². The van der Waals surface area contributed by atoms with Crippen molar-refractivity contribution in [3.05, 3.63) is 54.4 Å². The number of nitrogens with zero attached hydrogens (tertiary/aromatic N) is 3. The Balaban J connectivity index is 1.44. The lowest BCUT2D eigenvalue weighted by molar-refractivity contribution is 0.102. The summed E-state index contributed by atoms with van der Waals surface area (Å²) in [5.41, 5.74) is 1.23. The van der Waals surface area contributed by atoms with E-state index in [1.54, 1.807) is 24.5 Å². The number of fused-ring (bicyclic) bond motifs is 1. The highest BCUT2D eigenvalue weighted by atomic mass is 32.2. The van der Waals surface area contributed by atoms with Gasteiger partial charge in [0.25, 0.3) is 5.91 Å². The summed E-state index contributed by atoms with van der Waals surface area (Å²) in [6.07, 6.45) is 1.66. The second kappa shape index (κ2) is 6.48. The number of hydrogen-bond acceptors (Lipinski definition) is 6. The lowest BCUT2D eigenvalue weighted by Gasteiger charge is -2.07. The molecule has 0 saturated carbocycles. The first-order valence-corrected chi connectivity index (χ1v) is 8.33. The molecule has 1 aliphatic rings. The van der Waals surface area contributed by atoms with E-state index in [0.717, 1.165) is 10.1 Å². The lowest BCUT2D eigenvalue weighted by atomic mass is 10.2. The minimum absolute atomic E-state index is 0.186. The fourth-order valence-electron chi connectivity index (χ4n) is 2.32. The first-order valence-electron chi connectivity index (χ1n) is 7.52. The number of nitrogens with one attached hydrogen (secondary N) is 1. The predicted molar refractivity (Wildman–Crippen MR) is 92.1 cm³/mol. The molecule has 0 aliphatic carbocycles. The summed E-state index contributed by atoms with van der Waals surface area (Å²) in [7, 11) is 1.89. The molecule has 0 atom stereocenters. The maximum absolute atomic E-state index is 12.4. The molecule has 0 fully saturated rings. The minimum atomic E-state index is -0.202. The first kappa shape index (κ1) is 15.5. The van der Waals surface area contributed by atoms with E-state index in [-0.39, 0.29) is 12.7 Å². The zero-order valence-electron chi connectivity index (χ0n) is 13.3. The van der Waals surface area contributed by atoms with Crippen molar-refractivity contribution < 1.29 is 14.3 Å². The van der Waals surface area contributed by atoms with Crippen molar-refractivity contribution in [2.24, 2.45) is 7.05 Å². The molecule has 126 valence electrons. The molecular weight excluding hydrogens is 340 g/mol. The molecule has 2 aromatic carbocycles. The smallest absolute Gasteiger partial charge is 0.255 e. The van der Waals surface area contributed by atoms with Crippen LogP contribution in [0.15, 0.2) is 58.8 Å². The topological polar surface area (TPSA) is 78.3 Å². The molecule has 0 bridgehead atoms. The summed E-state index contributed by atoms with van der Waals surface area (Å²) < 4.78 is 12.4. The van der Waals surface area contributed by atoms with Gasteiger partial charge in [-0.3, -0.25) is 4.79 Å². The predicted octanol–water partition coefficient (Wildman–Crippen LogP) is 2.95. The van der Waals surface area contributed by atoms with Crippen molar-refractivity contribution in [1.29, 1.82) is 0 Å². The monoisotopic (exact) mass is 354 g/mol. The van der Waals surface area contributed by atoms with Gasteiger partial charge in [-0.2, -0.15) is 0 Å². The van der Waals surface area contributed by atoms with E-state index >= 15 is 0 Å². The van der Waals surface area contributed by atoms with Crippen LogP contribution in [0.1, 0.15) is 10.4 Å².